The zero-order valence-electron chi connectivity index (χ0n) is 31.8. The molecular weight excluding hydrogens is 651 g/mol. The van der Waals surface area contributed by atoms with Crippen molar-refractivity contribution in [2.24, 2.45) is 23.7 Å². The van der Waals surface area contributed by atoms with Crippen LogP contribution in [0.15, 0.2) is 140 Å². The van der Waals surface area contributed by atoms with Gasteiger partial charge in [0.25, 0.3) is 0 Å². The number of benzene rings is 6. The summed E-state index contributed by atoms with van der Waals surface area (Å²) < 4.78 is 0. The largest absolute Gasteiger partial charge is 0.310 e. The molecule has 4 bridgehead atoms. The van der Waals surface area contributed by atoms with Gasteiger partial charge in [-0.05, 0) is 161 Å². The first kappa shape index (κ1) is 32.5. The first-order valence-corrected chi connectivity index (χ1v) is 20.9. The second kappa shape index (κ2) is 12.6. The predicted octanol–water partition coefficient (Wildman–Crippen LogP) is 14.6. The van der Waals surface area contributed by atoms with Crippen molar-refractivity contribution < 1.29 is 0 Å². The lowest BCUT2D eigenvalue weighted by Crippen LogP contribution is -2.17. The quantitative estimate of drug-likeness (QED) is 0.160. The van der Waals surface area contributed by atoms with Gasteiger partial charge in [-0.1, -0.05) is 130 Å². The zero-order chi connectivity index (χ0) is 36.0. The van der Waals surface area contributed by atoms with E-state index in [4.69, 9.17) is 0 Å². The van der Waals surface area contributed by atoms with Gasteiger partial charge in [-0.25, -0.2) is 0 Å². The fraction of sp³-hybridized carbons (Fsp3) is 0.321. The molecule has 5 aliphatic carbocycles. The van der Waals surface area contributed by atoms with Gasteiger partial charge >= 0.3 is 0 Å². The van der Waals surface area contributed by atoms with Gasteiger partial charge in [-0.15, -0.1) is 0 Å². The molecule has 11 rings (SSSR count). The summed E-state index contributed by atoms with van der Waals surface area (Å²) in [4.78, 5) is 2.58. The van der Waals surface area contributed by atoms with Gasteiger partial charge in [-0.2, -0.15) is 0 Å². The molecule has 1 nitrogen and oxygen atoms in total. The Bertz CT molecular complexity index is 2260. The van der Waals surface area contributed by atoms with Crippen molar-refractivity contribution in [3.05, 3.63) is 162 Å². The number of fused-ring (bicyclic) bond motifs is 7. The van der Waals surface area contributed by atoms with Crippen molar-refractivity contribution in [1.82, 2.24) is 0 Å². The predicted molar refractivity (Wildman–Crippen MR) is 226 cm³/mol. The van der Waals surface area contributed by atoms with Crippen molar-refractivity contribution in [2.75, 3.05) is 4.90 Å². The molecule has 6 atom stereocenters. The summed E-state index contributed by atoms with van der Waals surface area (Å²) in [5, 5.41) is 0. The highest BCUT2D eigenvalue weighted by Gasteiger charge is 2.42. The topological polar surface area (TPSA) is 3.24 Å². The van der Waals surface area contributed by atoms with Crippen molar-refractivity contribution in [3.63, 3.8) is 0 Å². The summed E-state index contributed by atoms with van der Waals surface area (Å²) >= 11 is 0. The van der Waals surface area contributed by atoms with E-state index >= 15 is 0 Å². The van der Waals surface area contributed by atoms with Gasteiger partial charge in [0.05, 0.1) is 5.69 Å². The molecule has 6 aromatic rings. The first-order valence-electron chi connectivity index (χ1n) is 20.9. The fourth-order valence-electron chi connectivity index (χ4n) is 12.2. The standard InChI is InChI=1S/C53H51N/c1-53(2)49-15-9-14-44(36-10-5-3-6-11-36)52(49)48-32-47(37-12-7-4-8-13-37)51(33-50(48)53)54(42-24-20-38(21-25-42)45-30-34-16-18-40(45)28-34)43-26-22-39(23-27-43)46-31-35-17-19-41(46)29-35/h3-15,20-27,32-35,40-41,45-46H,16-19,28-31H2,1-2H3. The zero-order valence-corrected chi connectivity index (χ0v) is 31.8. The number of anilines is 3. The second-order valence-corrected chi connectivity index (χ2v) is 18.1. The fourth-order valence-corrected chi connectivity index (χ4v) is 12.2. The van der Waals surface area contributed by atoms with Crippen LogP contribution in [0.3, 0.4) is 0 Å². The Morgan fingerprint density at radius 3 is 1.50 bits per heavy atom. The van der Waals surface area contributed by atoms with Gasteiger partial charge < -0.3 is 4.90 Å². The molecule has 54 heavy (non-hydrogen) atoms. The number of hydrogen-bond acceptors (Lipinski definition) is 1. The van der Waals surface area contributed by atoms with Crippen LogP contribution in [0.25, 0.3) is 33.4 Å². The maximum absolute atomic E-state index is 2.58. The van der Waals surface area contributed by atoms with Crippen molar-refractivity contribution in [2.45, 2.75) is 82.5 Å². The summed E-state index contributed by atoms with van der Waals surface area (Å²) in [7, 11) is 0. The van der Waals surface area contributed by atoms with Gasteiger partial charge in [0.1, 0.15) is 0 Å². The minimum absolute atomic E-state index is 0.150. The third kappa shape index (κ3) is 5.18. The van der Waals surface area contributed by atoms with Crippen molar-refractivity contribution >= 4 is 17.1 Å². The molecule has 0 spiro atoms. The van der Waals surface area contributed by atoms with E-state index in [0.29, 0.717) is 0 Å². The average Bonchev–Trinajstić information content (AvgIpc) is 4.08. The Kier molecular flexibility index (Phi) is 7.59. The van der Waals surface area contributed by atoms with Gasteiger partial charge in [0.15, 0.2) is 0 Å². The molecule has 0 saturated heterocycles. The van der Waals surface area contributed by atoms with E-state index in [2.05, 4.69) is 158 Å². The van der Waals surface area contributed by atoms with Crippen LogP contribution < -0.4 is 4.90 Å². The molecule has 4 saturated carbocycles. The summed E-state index contributed by atoms with van der Waals surface area (Å²) in [5.41, 5.74) is 17.3. The normalized spacial score (nSPS) is 25.5. The SMILES string of the molecule is CC1(C)c2cc(N(c3ccc(C4CC5CCC4C5)cc3)c3ccc(C4CC5CCC4C5)cc3)c(-c3ccccc3)cc2-c2c(-c3ccccc3)cccc21. The number of hydrogen-bond donors (Lipinski definition) is 0. The van der Waals surface area contributed by atoms with Crippen LogP contribution in [0.2, 0.25) is 0 Å². The lowest BCUT2D eigenvalue weighted by molar-refractivity contribution is 0.420. The third-order valence-corrected chi connectivity index (χ3v) is 14.9. The van der Waals surface area contributed by atoms with Crippen LogP contribution in [-0.2, 0) is 5.41 Å². The molecule has 6 unspecified atom stereocenters. The van der Waals surface area contributed by atoms with Crippen LogP contribution in [0.5, 0.6) is 0 Å². The van der Waals surface area contributed by atoms with Gasteiger partial charge in [0.2, 0.25) is 0 Å². The Hall–Kier alpha value is -4.88. The van der Waals surface area contributed by atoms with E-state index in [1.54, 1.807) is 11.1 Å². The molecule has 0 heterocycles. The van der Waals surface area contributed by atoms with E-state index < -0.39 is 0 Å². The Morgan fingerprint density at radius 1 is 0.463 bits per heavy atom. The Labute approximate surface area is 322 Å². The van der Waals surface area contributed by atoms with E-state index in [1.807, 2.05) is 0 Å². The number of nitrogens with zero attached hydrogens (tertiary/aromatic N) is 1. The smallest absolute Gasteiger partial charge is 0.0543 e. The molecule has 1 heteroatoms. The van der Waals surface area contributed by atoms with Crippen LogP contribution in [0.1, 0.15) is 99.3 Å². The van der Waals surface area contributed by atoms with Gasteiger partial charge in [-0.3, -0.25) is 0 Å². The Morgan fingerprint density at radius 2 is 1.00 bits per heavy atom. The molecule has 4 fully saturated rings. The maximum atomic E-state index is 2.58. The molecule has 0 aromatic heterocycles. The molecule has 0 aliphatic heterocycles. The Balaban J connectivity index is 1.09. The van der Waals surface area contributed by atoms with Gasteiger partial charge in [0, 0.05) is 22.4 Å². The lowest BCUT2D eigenvalue weighted by Gasteiger charge is -2.31. The summed E-state index contributed by atoms with van der Waals surface area (Å²) in [6, 6.07) is 53.7. The van der Waals surface area contributed by atoms with Crippen molar-refractivity contribution in [1.29, 1.82) is 0 Å². The van der Waals surface area contributed by atoms with E-state index in [0.717, 1.165) is 35.5 Å². The van der Waals surface area contributed by atoms with Crippen LogP contribution >= 0.6 is 0 Å². The minimum Gasteiger partial charge on any atom is -0.310 e. The van der Waals surface area contributed by atoms with E-state index in [1.165, 1.54) is 113 Å². The maximum Gasteiger partial charge on any atom is 0.0543 e. The molecular formula is C53H51N. The molecule has 0 radical (unpaired) electrons. The van der Waals surface area contributed by atoms with Crippen LogP contribution in [0.4, 0.5) is 17.1 Å². The lowest BCUT2D eigenvalue weighted by atomic mass is 9.81. The monoisotopic (exact) mass is 701 g/mol. The molecule has 5 aliphatic rings. The second-order valence-electron chi connectivity index (χ2n) is 18.1. The summed E-state index contributed by atoms with van der Waals surface area (Å²) in [6.07, 6.45) is 11.3. The summed E-state index contributed by atoms with van der Waals surface area (Å²) in [5.74, 6) is 5.09. The third-order valence-electron chi connectivity index (χ3n) is 14.9. The van der Waals surface area contributed by atoms with E-state index in [9.17, 15) is 0 Å². The first-order chi connectivity index (χ1) is 26.5. The number of rotatable bonds is 7. The van der Waals surface area contributed by atoms with Crippen molar-refractivity contribution in [3.8, 4) is 33.4 Å². The van der Waals surface area contributed by atoms with E-state index in [-0.39, 0.29) is 5.41 Å². The highest BCUT2D eigenvalue weighted by molar-refractivity contribution is 5.98. The summed E-state index contributed by atoms with van der Waals surface area (Å²) in [6.45, 7) is 4.86. The molecule has 0 N–H and O–H groups in total. The van der Waals surface area contributed by atoms with Crippen LogP contribution in [0, 0.1) is 23.7 Å². The highest BCUT2D eigenvalue weighted by atomic mass is 15.1. The molecule has 6 aromatic carbocycles. The minimum atomic E-state index is -0.150. The average molecular weight is 702 g/mol. The highest BCUT2D eigenvalue weighted by Crippen LogP contribution is 2.57. The molecule has 0 amide bonds. The molecule has 268 valence electrons. The van der Waals surface area contributed by atoms with Crippen LogP contribution in [-0.4, -0.2) is 0 Å².